The molecule has 2 fully saturated rings. The Bertz CT molecular complexity index is 1930. The highest BCUT2D eigenvalue weighted by Gasteiger charge is 2.42. The highest BCUT2D eigenvalue weighted by atomic mass is 32.2. The number of urea groups is 1. The lowest BCUT2D eigenvalue weighted by Crippen LogP contribution is -2.55. The number of ether oxygens (including phenoxy) is 1. The highest BCUT2D eigenvalue weighted by Crippen LogP contribution is 2.29. The number of amides is 4. The SMILES string of the molecule is CC(=O)Oc1ccc(CCNC(=O)N(C(=O)[C@H](CC(=O)N(C)C[C@H]2CCCN(C=NN)C2)NS(=O)(=O)c2ccc3ccccc3c2)C2CC2)cc1O. The molecular weight excluding hydrogens is 691 g/mol. The van der Waals surface area contributed by atoms with E-state index in [1.54, 1.807) is 37.7 Å². The summed E-state index contributed by atoms with van der Waals surface area (Å²) in [5, 5.41) is 18.0. The predicted molar refractivity (Wildman–Crippen MR) is 194 cm³/mol. The van der Waals surface area contributed by atoms with Gasteiger partial charge in [0.2, 0.25) is 21.8 Å². The van der Waals surface area contributed by atoms with Gasteiger partial charge in [0.05, 0.1) is 11.3 Å². The first-order valence-electron chi connectivity index (χ1n) is 17.2. The number of fused-ring (bicyclic) bond motifs is 1. The number of piperidine rings is 1. The van der Waals surface area contributed by atoms with Crippen molar-refractivity contribution in [3.63, 3.8) is 0 Å². The minimum atomic E-state index is -4.33. The Labute approximate surface area is 302 Å². The number of phenolic OH excluding ortho intramolecular Hbond substituents is 1. The number of esters is 1. The van der Waals surface area contributed by atoms with E-state index in [-0.39, 0.29) is 35.3 Å². The van der Waals surface area contributed by atoms with Crippen molar-refractivity contribution in [3.05, 3.63) is 66.2 Å². The molecule has 5 rings (SSSR count). The Hall–Kier alpha value is -5.22. The summed E-state index contributed by atoms with van der Waals surface area (Å²) in [5.74, 6) is 3.32. The molecule has 0 unspecified atom stereocenters. The first kappa shape index (κ1) is 38.0. The fourth-order valence-corrected chi connectivity index (χ4v) is 7.56. The van der Waals surface area contributed by atoms with E-state index in [9.17, 15) is 32.7 Å². The van der Waals surface area contributed by atoms with Crippen LogP contribution < -0.4 is 20.6 Å². The van der Waals surface area contributed by atoms with Crippen LogP contribution in [0.15, 0.2) is 70.7 Å². The third-order valence-electron chi connectivity index (χ3n) is 9.08. The second kappa shape index (κ2) is 16.9. The number of rotatable bonds is 14. The van der Waals surface area contributed by atoms with Gasteiger partial charge in [0.15, 0.2) is 11.5 Å². The first-order chi connectivity index (χ1) is 24.8. The Kier molecular flexibility index (Phi) is 12.3. The average Bonchev–Trinajstić information content (AvgIpc) is 3.94. The van der Waals surface area contributed by atoms with E-state index >= 15 is 0 Å². The number of nitrogens with zero attached hydrogens (tertiary/aromatic N) is 4. The van der Waals surface area contributed by atoms with Crippen LogP contribution in [0.4, 0.5) is 4.79 Å². The number of benzene rings is 3. The van der Waals surface area contributed by atoms with Gasteiger partial charge in [0.25, 0.3) is 0 Å². The van der Waals surface area contributed by atoms with E-state index < -0.39 is 52.3 Å². The summed E-state index contributed by atoms with van der Waals surface area (Å²) in [6.45, 7) is 3.10. The van der Waals surface area contributed by atoms with E-state index in [1.165, 1.54) is 36.1 Å². The van der Waals surface area contributed by atoms with Gasteiger partial charge in [0.1, 0.15) is 12.4 Å². The van der Waals surface area contributed by atoms with Crippen molar-refractivity contribution >= 4 is 50.9 Å². The summed E-state index contributed by atoms with van der Waals surface area (Å²) in [4.78, 5) is 57.1. The number of aromatic hydroxyl groups is 1. The number of hydrogen-bond acceptors (Lipinski definition) is 10. The second-order valence-electron chi connectivity index (χ2n) is 13.2. The van der Waals surface area contributed by atoms with Crippen LogP contribution in [0.25, 0.3) is 10.8 Å². The minimum absolute atomic E-state index is 0.00456. The molecule has 0 aromatic heterocycles. The van der Waals surface area contributed by atoms with E-state index in [4.69, 9.17) is 10.6 Å². The predicted octanol–water partition coefficient (Wildman–Crippen LogP) is 2.52. The number of nitrogens with one attached hydrogen (secondary N) is 2. The molecule has 0 radical (unpaired) electrons. The van der Waals surface area contributed by atoms with Gasteiger partial charge in [-0.1, -0.05) is 36.4 Å². The van der Waals surface area contributed by atoms with Gasteiger partial charge in [-0.15, -0.1) is 0 Å². The number of carbonyl (C=O) groups is 4. The lowest BCUT2D eigenvalue weighted by atomic mass is 9.97. The van der Waals surface area contributed by atoms with E-state index in [2.05, 4.69) is 15.1 Å². The normalized spacial score (nSPS) is 16.7. The fourth-order valence-electron chi connectivity index (χ4n) is 6.34. The zero-order chi connectivity index (χ0) is 37.4. The molecule has 5 N–H and O–H groups in total. The lowest BCUT2D eigenvalue weighted by molar-refractivity contribution is -0.137. The van der Waals surface area contributed by atoms with Crippen molar-refractivity contribution in [2.75, 3.05) is 33.2 Å². The Morgan fingerprint density at radius 3 is 2.52 bits per heavy atom. The van der Waals surface area contributed by atoms with Crippen LogP contribution in [0.2, 0.25) is 0 Å². The van der Waals surface area contributed by atoms with E-state index in [1.807, 2.05) is 17.0 Å². The number of imide groups is 1. The van der Waals surface area contributed by atoms with Gasteiger partial charge in [0, 0.05) is 46.2 Å². The molecule has 0 spiro atoms. The zero-order valence-electron chi connectivity index (χ0n) is 29.2. The van der Waals surface area contributed by atoms with Crippen LogP contribution in [0.5, 0.6) is 11.5 Å². The number of likely N-dealkylation sites (tertiary alicyclic amines) is 1. The molecule has 1 aliphatic carbocycles. The van der Waals surface area contributed by atoms with E-state index in [0.29, 0.717) is 36.9 Å². The molecular formula is C36H45N7O8S. The van der Waals surface area contributed by atoms with Crippen LogP contribution >= 0.6 is 0 Å². The molecule has 52 heavy (non-hydrogen) atoms. The van der Waals surface area contributed by atoms with Gasteiger partial charge in [-0.05, 0) is 78.6 Å². The summed E-state index contributed by atoms with van der Waals surface area (Å²) < 4.78 is 35.0. The molecule has 16 heteroatoms. The Balaban J connectivity index is 1.32. The Morgan fingerprint density at radius 1 is 1.08 bits per heavy atom. The molecule has 15 nitrogen and oxygen atoms in total. The van der Waals surface area contributed by atoms with Crippen LogP contribution in [0.1, 0.15) is 44.6 Å². The van der Waals surface area contributed by atoms with Crippen molar-refractivity contribution in [2.45, 2.75) is 62.4 Å². The maximum atomic E-state index is 14.2. The summed E-state index contributed by atoms with van der Waals surface area (Å²) in [5.41, 5.74) is 0.629. The molecule has 1 saturated heterocycles. The zero-order valence-corrected chi connectivity index (χ0v) is 30.0. The minimum Gasteiger partial charge on any atom is -0.504 e. The van der Waals surface area contributed by atoms with Gasteiger partial charge in [-0.2, -0.15) is 9.82 Å². The average molecular weight is 736 g/mol. The van der Waals surface area contributed by atoms with Gasteiger partial charge < -0.3 is 30.8 Å². The van der Waals surface area contributed by atoms with Gasteiger partial charge in [-0.3, -0.25) is 19.3 Å². The van der Waals surface area contributed by atoms with Crippen LogP contribution in [-0.4, -0.2) is 104 Å². The number of sulfonamides is 1. The quantitative estimate of drug-likeness (QED) is 0.0476. The fraction of sp³-hybridized carbons (Fsp3) is 0.417. The molecule has 3 aromatic rings. The monoisotopic (exact) mass is 735 g/mol. The molecule has 3 aromatic carbocycles. The van der Waals surface area contributed by atoms with Crippen molar-refractivity contribution < 1.29 is 37.4 Å². The maximum absolute atomic E-state index is 14.2. The summed E-state index contributed by atoms with van der Waals surface area (Å²) in [6, 6.07) is 13.5. The molecule has 2 aliphatic rings. The first-order valence-corrected chi connectivity index (χ1v) is 18.7. The number of nitrogens with two attached hydrogens (primary N) is 1. The van der Waals surface area contributed by atoms with E-state index in [0.717, 1.165) is 29.7 Å². The molecule has 1 saturated carbocycles. The number of hydrogen-bond donors (Lipinski definition) is 4. The molecule has 0 bridgehead atoms. The van der Waals surface area contributed by atoms with Crippen LogP contribution in [-0.2, 0) is 30.8 Å². The Morgan fingerprint density at radius 2 is 1.83 bits per heavy atom. The molecule has 278 valence electrons. The third kappa shape index (κ3) is 9.97. The standard InChI is InChI=1S/C36H45N7O8S/c1-24(44)51-33-14-9-25(18-32(33)45)15-16-38-36(48)43(29-11-12-29)35(47)31(20-34(46)41(2)21-26-6-5-17-42(22-26)23-39-37)40-52(49,50)30-13-10-27-7-3-4-8-28(27)19-30/h3-4,7-10,13-14,18-19,23,26,29,31,40,45H,5-6,11-12,15-17,20-22,37H2,1-2H3,(H,38,48)/t26-,31+/m1/s1. The van der Waals surface area contributed by atoms with Crippen LogP contribution in [0.3, 0.4) is 0 Å². The second-order valence-corrected chi connectivity index (χ2v) is 15.0. The van der Waals surface area contributed by atoms with Crippen molar-refractivity contribution in [1.29, 1.82) is 0 Å². The van der Waals surface area contributed by atoms with Crippen molar-refractivity contribution in [1.82, 2.24) is 24.7 Å². The molecule has 1 aliphatic heterocycles. The largest absolute Gasteiger partial charge is 0.504 e. The van der Waals surface area contributed by atoms with Crippen LogP contribution in [0, 0.1) is 5.92 Å². The summed E-state index contributed by atoms with van der Waals surface area (Å²) in [6.07, 6.45) is 4.15. The van der Waals surface area contributed by atoms with Crippen molar-refractivity contribution in [2.24, 2.45) is 16.9 Å². The summed E-state index contributed by atoms with van der Waals surface area (Å²) >= 11 is 0. The summed E-state index contributed by atoms with van der Waals surface area (Å²) in [7, 11) is -2.72. The molecule has 1 heterocycles. The number of phenols is 1. The lowest BCUT2D eigenvalue weighted by Gasteiger charge is -2.34. The maximum Gasteiger partial charge on any atom is 0.324 e. The van der Waals surface area contributed by atoms with Gasteiger partial charge in [-0.25, -0.2) is 13.2 Å². The topological polar surface area (TPSA) is 204 Å². The number of hydrazone groups is 1. The molecule has 4 amide bonds. The smallest absolute Gasteiger partial charge is 0.324 e. The van der Waals surface area contributed by atoms with Crippen molar-refractivity contribution in [3.8, 4) is 11.5 Å². The third-order valence-corrected chi connectivity index (χ3v) is 10.5. The number of carbonyl (C=O) groups excluding carboxylic acids is 4. The molecule has 2 atom stereocenters. The van der Waals surface area contributed by atoms with Gasteiger partial charge >= 0.3 is 12.0 Å². The highest BCUT2D eigenvalue weighted by molar-refractivity contribution is 7.89.